The van der Waals surface area contributed by atoms with Crippen LogP contribution in [0.2, 0.25) is 0 Å². The molecule has 0 N–H and O–H groups in total. The third-order valence-electron chi connectivity index (χ3n) is 2.57. The maximum atomic E-state index is 12.1. The van der Waals surface area contributed by atoms with Crippen molar-refractivity contribution in [2.24, 2.45) is 0 Å². The maximum absolute atomic E-state index is 12.1. The lowest BCUT2D eigenvalue weighted by molar-refractivity contribution is 0.0802. The summed E-state index contributed by atoms with van der Waals surface area (Å²) in [4.78, 5) is 13.6. The number of rotatable bonds is 4. The Labute approximate surface area is 116 Å². The fourth-order valence-electron chi connectivity index (χ4n) is 1.42. The van der Waals surface area contributed by atoms with E-state index >= 15 is 0 Å². The first-order valence-electron chi connectivity index (χ1n) is 5.40. The molecule has 0 aliphatic rings. The van der Waals surface area contributed by atoms with Crippen LogP contribution < -0.4 is 0 Å². The molecule has 1 amide bonds. The first kappa shape index (κ1) is 15.2. The number of carbonyl (C=O) groups is 1. The maximum Gasteiger partial charge on any atom is 0.254 e. The summed E-state index contributed by atoms with van der Waals surface area (Å²) in [7, 11) is -1.46. The Bertz CT molecular complexity index is 554. The van der Waals surface area contributed by atoms with Crippen LogP contribution in [0.1, 0.15) is 15.9 Å². The predicted octanol–water partition coefficient (Wildman–Crippen LogP) is 1.87. The van der Waals surface area contributed by atoms with E-state index in [1.165, 1.54) is 4.90 Å². The van der Waals surface area contributed by atoms with Gasteiger partial charge in [-0.15, -0.1) is 0 Å². The highest BCUT2D eigenvalue weighted by Crippen LogP contribution is 2.22. The van der Waals surface area contributed by atoms with Gasteiger partial charge in [0.15, 0.2) is 0 Å². The fourth-order valence-corrected chi connectivity index (χ4v) is 2.46. The van der Waals surface area contributed by atoms with Gasteiger partial charge in [0.2, 0.25) is 0 Å². The van der Waals surface area contributed by atoms with Gasteiger partial charge < -0.3 is 4.90 Å². The molecule has 1 aromatic carbocycles. The molecule has 0 aromatic heterocycles. The van der Waals surface area contributed by atoms with Crippen molar-refractivity contribution in [3.8, 4) is 0 Å². The molecule has 0 atom stereocenters. The van der Waals surface area contributed by atoms with Crippen molar-refractivity contribution in [2.75, 3.05) is 25.6 Å². The minimum absolute atomic E-state index is 0.0291. The molecule has 0 aliphatic carbocycles. The number of amides is 1. The summed E-state index contributed by atoms with van der Waals surface area (Å²) in [6.45, 7) is 2.09. The topological polar surface area (TPSA) is 54.5 Å². The second-order valence-corrected chi connectivity index (χ2v) is 7.35. The predicted molar refractivity (Wildman–Crippen MR) is 75.6 cm³/mol. The van der Waals surface area contributed by atoms with Crippen molar-refractivity contribution in [3.05, 3.63) is 33.8 Å². The van der Waals surface area contributed by atoms with Crippen molar-refractivity contribution in [2.45, 2.75) is 6.92 Å². The minimum Gasteiger partial charge on any atom is -0.341 e. The number of sulfone groups is 1. The number of nitrogens with zero attached hydrogens (tertiary/aromatic N) is 1. The molecule has 0 unspecified atom stereocenters. The van der Waals surface area contributed by atoms with Crippen LogP contribution >= 0.6 is 15.9 Å². The average molecular weight is 334 g/mol. The van der Waals surface area contributed by atoms with E-state index in [4.69, 9.17) is 0 Å². The smallest absolute Gasteiger partial charge is 0.254 e. The second-order valence-electron chi connectivity index (χ2n) is 4.29. The van der Waals surface area contributed by atoms with Crippen molar-refractivity contribution >= 4 is 31.7 Å². The first-order valence-corrected chi connectivity index (χ1v) is 8.26. The molecule has 100 valence electrons. The van der Waals surface area contributed by atoms with Crippen molar-refractivity contribution in [1.82, 2.24) is 4.90 Å². The Hall–Kier alpha value is -0.880. The third-order valence-corrected chi connectivity index (χ3v) is 4.54. The molecule has 6 heteroatoms. The van der Waals surface area contributed by atoms with Crippen LogP contribution in [0.4, 0.5) is 0 Å². The van der Waals surface area contributed by atoms with E-state index in [0.29, 0.717) is 5.56 Å². The largest absolute Gasteiger partial charge is 0.341 e. The Morgan fingerprint density at radius 1 is 1.39 bits per heavy atom. The molecule has 0 saturated heterocycles. The molecule has 0 saturated carbocycles. The monoisotopic (exact) mass is 333 g/mol. The highest BCUT2D eigenvalue weighted by atomic mass is 79.9. The summed E-state index contributed by atoms with van der Waals surface area (Å²) in [5, 5.41) is 0. The van der Waals surface area contributed by atoms with Crippen LogP contribution in [0.3, 0.4) is 0 Å². The number of benzene rings is 1. The van der Waals surface area contributed by atoms with Gasteiger partial charge in [-0.1, -0.05) is 12.1 Å². The zero-order chi connectivity index (χ0) is 13.9. The minimum atomic E-state index is -3.06. The van der Waals surface area contributed by atoms with Gasteiger partial charge >= 0.3 is 0 Å². The van der Waals surface area contributed by atoms with Crippen LogP contribution in [-0.4, -0.2) is 44.8 Å². The zero-order valence-electron chi connectivity index (χ0n) is 10.6. The van der Waals surface area contributed by atoms with Crippen molar-refractivity contribution in [3.63, 3.8) is 0 Å². The van der Waals surface area contributed by atoms with Gasteiger partial charge in [0.05, 0.1) is 11.3 Å². The van der Waals surface area contributed by atoms with Gasteiger partial charge in [0.1, 0.15) is 9.84 Å². The molecule has 18 heavy (non-hydrogen) atoms. The molecular formula is C12H16BrNO3S. The Morgan fingerprint density at radius 3 is 2.56 bits per heavy atom. The normalized spacial score (nSPS) is 11.3. The van der Waals surface area contributed by atoms with E-state index in [0.717, 1.165) is 16.3 Å². The molecule has 0 heterocycles. The molecule has 1 rings (SSSR count). The average Bonchev–Trinajstić information content (AvgIpc) is 2.28. The van der Waals surface area contributed by atoms with E-state index in [-0.39, 0.29) is 18.2 Å². The van der Waals surface area contributed by atoms with Crippen molar-refractivity contribution < 1.29 is 13.2 Å². The quantitative estimate of drug-likeness (QED) is 0.845. The van der Waals surface area contributed by atoms with Gasteiger partial charge in [0, 0.05) is 24.3 Å². The highest BCUT2D eigenvalue weighted by molar-refractivity contribution is 9.10. The summed E-state index contributed by atoms with van der Waals surface area (Å²) in [6, 6.07) is 5.42. The lowest BCUT2D eigenvalue weighted by atomic mass is 10.1. The molecule has 0 aliphatic heterocycles. The van der Waals surface area contributed by atoms with E-state index in [2.05, 4.69) is 15.9 Å². The van der Waals surface area contributed by atoms with Crippen LogP contribution in [0.15, 0.2) is 22.7 Å². The molecule has 0 bridgehead atoms. The second kappa shape index (κ2) is 5.84. The number of aryl methyl sites for hydroxylation is 1. The Kier molecular flexibility index (Phi) is 4.92. The van der Waals surface area contributed by atoms with Gasteiger partial charge in [0.25, 0.3) is 5.91 Å². The molecule has 1 aromatic rings. The van der Waals surface area contributed by atoms with Crippen LogP contribution in [0.5, 0.6) is 0 Å². The van der Waals surface area contributed by atoms with Gasteiger partial charge in [-0.3, -0.25) is 4.79 Å². The lowest BCUT2D eigenvalue weighted by Gasteiger charge is -2.18. The summed E-state index contributed by atoms with van der Waals surface area (Å²) in [5.41, 5.74) is 1.52. The zero-order valence-corrected chi connectivity index (χ0v) is 13.0. The van der Waals surface area contributed by atoms with E-state index in [9.17, 15) is 13.2 Å². The lowest BCUT2D eigenvalue weighted by Crippen LogP contribution is -2.31. The molecular weight excluding hydrogens is 318 g/mol. The van der Waals surface area contributed by atoms with Gasteiger partial charge in [-0.2, -0.15) is 0 Å². The number of hydrogen-bond donors (Lipinski definition) is 0. The third kappa shape index (κ3) is 4.10. The Balaban J connectivity index is 2.84. The summed E-state index contributed by atoms with van der Waals surface area (Å²) < 4.78 is 22.9. The van der Waals surface area contributed by atoms with Crippen LogP contribution in [0, 0.1) is 6.92 Å². The Morgan fingerprint density at radius 2 is 2.00 bits per heavy atom. The van der Waals surface area contributed by atoms with Gasteiger partial charge in [-0.25, -0.2) is 8.42 Å². The fraction of sp³-hybridized carbons (Fsp3) is 0.417. The molecule has 0 spiro atoms. The number of hydrogen-bond acceptors (Lipinski definition) is 3. The van der Waals surface area contributed by atoms with Gasteiger partial charge in [-0.05, 0) is 34.5 Å². The van der Waals surface area contributed by atoms with E-state index < -0.39 is 9.84 Å². The van der Waals surface area contributed by atoms with E-state index in [1.54, 1.807) is 19.2 Å². The number of halogens is 1. The first-order chi connectivity index (χ1) is 8.22. The van der Waals surface area contributed by atoms with E-state index in [1.807, 2.05) is 13.0 Å². The molecule has 4 nitrogen and oxygen atoms in total. The SMILES string of the molecule is Cc1cccc(C(=O)N(C)CCS(C)(=O)=O)c1Br. The standard InChI is InChI=1S/C12H16BrNO3S/c1-9-5-4-6-10(11(9)13)12(15)14(2)7-8-18(3,16)17/h4-6H,7-8H2,1-3H3. The van der Waals surface area contributed by atoms with Crippen LogP contribution in [-0.2, 0) is 9.84 Å². The van der Waals surface area contributed by atoms with Crippen LogP contribution in [0.25, 0.3) is 0 Å². The van der Waals surface area contributed by atoms with Crippen molar-refractivity contribution in [1.29, 1.82) is 0 Å². The summed E-state index contributed by atoms with van der Waals surface area (Å²) in [6.07, 6.45) is 1.16. The highest BCUT2D eigenvalue weighted by Gasteiger charge is 2.16. The summed E-state index contributed by atoms with van der Waals surface area (Å²) in [5.74, 6) is -0.215. The molecule has 0 fully saturated rings. The number of carbonyl (C=O) groups excluding carboxylic acids is 1. The molecule has 0 radical (unpaired) electrons. The summed E-state index contributed by atoms with van der Waals surface area (Å²) >= 11 is 3.37.